The van der Waals surface area contributed by atoms with Crippen molar-refractivity contribution in [2.45, 2.75) is 12.8 Å². The molecule has 6 heteroatoms. The van der Waals surface area contributed by atoms with Crippen molar-refractivity contribution in [3.05, 3.63) is 60.2 Å². The molecule has 5 nitrogen and oxygen atoms in total. The fourth-order valence-electron chi connectivity index (χ4n) is 4.01. The van der Waals surface area contributed by atoms with Gasteiger partial charge in [0.1, 0.15) is 5.75 Å². The Hall–Kier alpha value is -2.24. The van der Waals surface area contributed by atoms with Crippen LogP contribution >= 0.6 is 12.4 Å². The summed E-state index contributed by atoms with van der Waals surface area (Å²) in [5, 5.41) is 6.45. The van der Waals surface area contributed by atoms with Gasteiger partial charge in [-0.2, -0.15) is 0 Å². The maximum Gasteiger partial charge on any atom is 0.321 e. The third-order valence-corrected chi connectivity index (χ3v) is 5.52. The van der Waals surface area contributed by atoms with Crippen LogP contribution in [0.5, 0.6) is 5.75 Å². The molecule has 2 saturated heterocycles. The standard InChI is InChI=1S/C22H27N3O2.ClH/c26-22(25-15-18-13-23-14-19(18)16-25)24-20-10-4-5-11-21(20)27-12-6-9-17-7-2-1-3-8-17;/h1-5,7-8,10-11,18-19,23H,6,9,12-16H2,(H,24,26);1H/t18-,19+;. The number of rotatable bonds is 6. The van der Waals surface area contributed by atoms with Gasteiger partial charge in [0, 0.05) is 26.2 Å². The van der Waals surface area contributed by atoms with Crippen LogP contribution in [0.25, 0.3) is 0 Å². The summed E-state index contributed by atoms with van der Waals surface area (Å²) in [6, 6.07) is 18.1. The number of carbonyl (C=O) groups is 1. The van der Waals surface area contributed by atoms with Crippen molar-refractivity contribution >= 4 is 24.1 Å². The SMILES string of the molecule is Cl.O=C(Nc1ccccc1OCCCc1ccccc1)N1C[C@H]2CNC[C@H]2C1. The van der Waals surface area contributed by atoms with Gasteiger partial charge in [-0.05, 0) is 42.4 Å². The molecule has 2 heterocycles. The Morgan fingerprint density at radius 2 is 1.71 bits per heavy atom. The van der Waals surface area contributed by atoms with Crippen molar-refractivity contribution in [1.29, 1.82) is 0 Å². The Labute approximate surface area is 172 Å². The van der Waals surface area contributed by atoms with Gasteiger partial charge in [-0.1, -0.05) is 42.5 Å². The summed E-state index contributed by atoms with van der Waals surface area (Å²) < 4.78 is 5.95. The predicted molar refractivity (Wildman–Crippen MR) is 114 cm³/mol. The number of likely N-dealkylation sites (tertiary alicyclic amines) is 1. The first-order chi connectivity index (χ1) is 13.3. The van der Waals surface area contributed by atoms with Crippen molar-refractivity contribution in [1.82, 2.24) is 10.2 Å². The smallest absolute Gasteiger partial charge is 0.321 e. The zero-order chi connectivity index (χ0) is 18.5. The minimum absolute atomic E-state index is 0. The molecule has 0 aromatic heterocycles. The number of amides is 2. The monoisotopic (exact) mass is 401 g/mol. The second-order valence-corrected chi connectivity index (χ2v) is 7.45. The van der Waals surface area contributed by atoms with Gasteiger partial charge in [-0.25, -0.2) is 4.79 Å². The molecule has 2 amide bonds. The molecule has 2 N–H and O–H groups in total. The number of hydrogen-bond donors (Lipinski definition) is 2. The maximum absolute atomic E-state index is 12.7. The van der Waals surface area contributed by atoms with E-state index in [1.807, 2.05) is 35.2 Å². The minimum atomic E-state index is -0.0234. The number of aryl methyl sites for hydroxylation is 1. The van der Waals surface area contributed by atoms with Crippen LogP contribution in [0, 0.1) is 11.8 Å². The van der Waals surface area contributed by atoms with Gasteiger partial charge in [-0.15, -0.1) is 12.4 Å². The average molecular weight is 402 g/mol. The lowest BCUT2D eigenvalue weighted by Gasteiger charge is -2.19. The second-order valence-electron chi connectivity index (χ2n) is 7.45. The summed E-state index contributed by atoms with van der Waals surface area (Å²) in [5.41, 5.74) is 2.06. The highest BCUT2D eigenvalue weighted by atomic mass is 35.5. The quantitative estimate of drug-likeness (QED) is 0.724. The highest BCUT2D eigenvalue weighted by Crippen LogP contribution is 2.28. The second kappa shape index (κ2) is 9.80. The van der Waals surface area contributed by atoms with Crippen molar-refractivity contribution in [3.8, 4) is 5.75 Å². The molecule has 2 atom stereocenters. The van der Waals surface area contributed by atoms with Crippen LogP contribution in [-0.2, 0) is 6.42 Å². The molecule has 0 unspecified atom stereocenters. The first-order valence-corrected chi connectivity index (χ1v) is 9.82. The molecule has 2 aliphatic rings. The lowest BCUT2D eigenvalue weighted by molar-refractivity contribution is 0.219. The molecule has 0 bridgehead atoms. The van der Waals surface area contributed by atoms with Gasteiger partial charge in [0.25, 0.3) is 0 Å². The molecule has 0 radical (unpaired) electrons. The number of urea groups is 1. The minimum Gasteiger partial charge on any atom is -0.491 e. The lowest BCUT2D eigenvalue weighted by Crippen LogP contribution is -2.35. The molecule has 2 fully saturated rings. The van der Waals surface area contributed by atoms with Crippen LogP contribution < -0.4 is 15.4 Å². The van der Waals surface area contributed by atoms with Crippen LogP contribution in [0.3, 0.4) is 0 Å². The third kappa shape index (κ3) is 4.97. The Kier molecular flexibility index (Phi) is 7.18. The number of halogens is 1. The molecule has 0 saturated carbocycles. The van der Waals surface area contributed by atoms with Crippen molar-refractivity contribution in [2.75, 3.05) is 38.1 Å². The Balaban J connectivity index is 0.00000225. The molecule has 28 heavy (non-hydrogen) atoms. The average Bonchev–Trinajstić information content (AvgIpc) is 3.29. The largest absolute Gasteiger partial charge is 0.491 e. The van der Waals surface area contributed by atoms with E-state index >= 15 is 0 Å². The van der Waals surface area contributed by atoms with Gasteiger partial charge in [0.05, 0.1) is 12.3 Å². The number of benzene rings is 2. The third-order valence-electron chi connectivity index (χ3n) is 5.52. The highest BCUT2D eigenvalue weighted by Gasteiger charge is 2.38. The lowest BCUT2D eigenvalue weighted by atomic mass is 10.0. The number of ether oxygens (including phenoxy) is 1. The fourth-order valence-corrected chi connectivity index (χ4v) is 4.01. The van der Waals surface area contributed by atoms with Crippen molar-refractivity contribution in [3.63, 3.8) is 0 Å². The zero-order valence-electron chi connectivity index (χ0n) is 16.0. The maximum atomic E-state index is 12.7. The molecular weight excluding hydrogens is 374 g/mol. The summed E-state index contributed by atoms with van der Waals surface area (Å²) in [4.78, 5) is 14.6. The van der Waals surface area contributed by atoms with E-state index in [1.54, 1.807) is 0 Å². The molecule has 150 valence electrons. The van der Waals surface area contributed by atoms with Crippen LogP contribution in [0.15, 0.2) is 54.6 Å². The fraction of sp³-hybridized carbons (Fsp3) is 0.409. The van der Waals surface area contributed by atoms with E-state index in [4.69, 9.17) is 4.74 Å². The Morgan fingerprint density at radius 3 is 2.46 bits per heavy atom. The number of fused-ring (bicyclic) bond motifs is 1. The first-order valence-electron chi connectivity index (χ1n) is 9.82. The number of nitrogens with zero attached hydrogens (tertiary/aromatic N) is 1. The van der Waals surface area contributed by atoms with Gasteiger partial charge in [0.15, 0.2) is 0 Å². The van der Waals surface area contributed by atoms with Crippen molar-refractivity contribution in [2.24, 2.45) is 11.8 Å². The number of hydrogen-bond acceptors (Lipinski definition) is 3. The summed E-state index contributed by atoms with van der Waals surface area (Å²) in [6.07, 6.45) is 1.93. The van der Waals surface area contributed by atoms with Gasteiger partial charge >= 0.3 is 6.03 Å². The van der Waals surface area contributed by atoms with E-state index in [0.717, 1.165) is 50.5 Å². The Morgan fingerprint density at radius 1 is 1.04 bits per heavy atom. The molecular formula is C22H28ClN3O2. The van der Waals surface area contributed by atoms with E-state index in [-0.39, 0.29) is 18.4 Å². The van der Waals surface area contributed by atoms with Crippen molar-refractivity contribution < 1.29 is 9.53 Å². The summed E-state index contributed by atoms with van der Waals surface area (Å²) in [5.74, 6) is 1.93. The van der Waals surface area contributed by atoms with Crippen LogP contribution in [0.2, 0.25) is 0 Å². The number of nitrogens with one attached hydrogen (secondary N) is 2. The molecule has 2 aliphatic heterocycles. The van der Waals surface area contributed by atoms with E-state index < -0.39 is 0 Å². The van der Waals surface area contributed by atoms with E-state index in [0.29, 0.717) is 18.4 Å². The number of carbonyl (C=O) groups excluding carboxylic acids is 1. The molecule has 4 rings (SSSR count). The van der Waals surface area contributed by atoms with Gasteiger partial charge < -0.3 is 20.3 Å². The van der Waals surface area contributed by atoms with Crippen LogP contribution in [0.1, 0.15) is 12.0 Å². The molecule has 2 aromatic carbocycles. The zero-order valence-corrected chi connectivity index (χ0v) is 16.8. The van der Waals surface area contributed by atoms with Crippen LogP contribution in [0.4, 0.5) is 10.5 Å². The Bertz CT molecular complexity index is 759. The normalized spacial score (nSPS) is 20.4. The number of para-hydroxylation sites is 2. The summed E-state index contributed by atoms with van der Waals surface area (Å²) in [6.45, 7) is 4.35. The first kappa shape index (κ1) is 20.5. The molecule has 0 aliphatic carbocycles. The van der Waals surface area contributed by atoms with Gasteiger partial charge in [-0.3, -0.25) is 0 Å². The van der Waals surface area contributed by atoms with E-state index in [1.165, 1.54) is 5.56 Å². The number of anilines is 1. The summed E-state index contributed by atoms with van der Waals surface area (Å²) in [7, 11) is 0. The van der Waals surface area contributed by atoms with E-state index in [2.05, 4.69) is 34.9 Å². The summed E-state index contributed by atoms with van der Waals surface area (Å²) >= 11 is 0. The molecule has 2 aromatic rings. The topological polar surface area (TPSA) is 53.6 Å². The van der Waals surface area contributed by atoms with Crippen LogP contribution in [-0.4, -0.2) is 43.7 Å². The van der Waals surface area contributed by atoms with E-state index in [9.17, 15) is 4.79 Å². The molecule has 0 spiro atoms. The predicted octanol–water partition coefficient (Wildman–Crippen LogP) is 3.80. The highest BCUT2D eigenvalue weighted by molar-refractivity contribution is 5.91. The van der Waals surface area contributed by atoms with Gasteiger partial charge in [0.2, 0.25) is 0 Å².